The number of ether oxygens (including phenoxy) is 1. The quantitative estimate of drug-likeness (QED) is 0.577. The van der Waals surface area contributed by atoms with Crippen molar-refractivity contribution in [2.75, 3.05) is 6.54 Å². The first-order chi connectivity index (χ1) is 12.8. The summed E-state index contributed by atoms with van der Waals surface area (Å²) in [6.07, 6.45) is -0.907. The molecule has 2 rings (SSSR count). The molecule has 0 spiro atoms. The number of benzene rings is 2. The normalized spacial score (nSPS) is 11.6. The van der Waals surface area contributed by atoms with Gasteiger partial charge in [-0.15, -0.1) is 0 Å². The summed E-state index contributed by atoms with van der Waals surface area (Å²) >= 11 is 5.78. The van der Waals surface area contributed by atoms with Gasteiger partial charge >= 0.3 is 5.97 Å². The van der Waals surface area contributed by atoms with Gasteiger partial charge in [0.25, 0.3) is 5.91 Å². The lowest BCUT2D eigenvalue weighted by Crippen LogP contribution is -2.29. The van der Waals surface area contributed by atoms with E-state index in [1.165, 1.54) is 0 Å². The van der Waals surface area contributed by atoms with E-state index in [9.17, 15) is 14.4 Å². The number of amides is 1. The number of esters is 1. The molecule has 0 saturated heterocycles. The average molecular weight is 388 g/mol. The van der Waals surface area contributed by atoms with E-state index >= 15 is 0 Å². The van der Waals surface area contributed by atoms with Gasteiger partial charge in [-0.1, -0.05) is 23.7 Å². The lowest BCUT2D eigenvalue weighted by molar-refractivity contribution is -0.146. The molecule has 0 aliphatic carbocycles. The molecule has 2 aromatic rings. The number of nitrogens with one attached hydrogen (secondary N) is 1. The Kier molecular flexibility index (Phi) is 7.13. The maximum Gasteiger partial charge on any atom is 0.308 e. The van der Waals surface area contributed by atoms with Crippen LogP contribution < -0.4 is 5.32 Å². The Labute approximate surface area is 163 Å². The molecule has 0 aliphatic rings. The van der Waals surface area contributed by atoms with Crippen LogP contribution in [0.1, 0.15) is 45.2 Å². The number of ketones is 1. The van der Waals surface area contributed by atoms with Gasteiger partial charge in [-0.25, -0.2) is 0 Å². The molecular formula is C21H22ClNO4. The number of carbonyl (C=O) groups is 3. The fraction of sp³-hybridized carbons (Fsp3) is 0.286. The van der Waals surface area contributed by atoms with E-state index in [0.29, 0.717) is 16.1 Å². The number of aryl methyl sites for hydroxylation is 2. The summed E-state index contributed by atoms with van der Waals surface area (Å²) in [4.78, 5) is 36.3. The summed E-state index contributed by atoms with van der Waals surface area (Å²) in [5.41, 5.74) is 3.05. The third-order valence-corrected chi connectivity index (χ3v) is 4.44. The van der Waals surface area contributed by atoms with Crippen molar-refractivity contribution in [2.45, 2.75) is 33.3 Å². The predicted molar refractivity (Wildman–Crippen MR) is 104 cm³/mol. The van der Waals surface area contributed by atoms with Crippen LogP contribution in [0.25, 0.3) is 0 Å². The van der Waals surface area contributed by atoms with Crippen LogP contribution >= 0.6 is 11.6 Å². The topological polar surface area (TPSA) is 72.5 Å². The fourth-order valence-corrected chi connectivity index (χ4v) is 2.55. The number of halogens is 1. The zero-order chi connectivity index (χ0) is 20.0. The van der Waals surface area contributed by atoms with Crippen molar-refractivity contribution in [3.05, 3.63) is 69.7 Å². The van der Waals surface area contributed by atoms with E-state index in [-0.39, 0.29) is 24.7 Å². The van der Waals surface area contributed by atoms with Crippen LogP contribution in [0, 0.1) is 13.8 Å². The number of hydrogen-bond acceptors (Lipinski definition) is 4. The number of rotatable bonds is 7. The molecule has 1 unspecified atom stereocenters. The summed E-state index contributed by atoms with van der Waals surface area (Å²) in [5.74, 6) is -1.11. The van der Waals surface area contributed by atoms with E-state index in [1.54, 1.807) is 43.3 Å². The second kappa shape index (κ2) is 9.33. The van der Waals surface area contributed by atoms with Crippen molar-refractivity contribution in [3.63, 3.8) is 0 Å². The van der Waals surface area contributed by atoms with Gasteiger partial charge in [-0.05, 0) is 62.2 Å². The molecule has 1 amide bonds. The molecule has 0 fully saturated rings. The molecule has 2 aromatic carbocycles. The third kappa shape index (κ3) is 5.93. The summed E-state index contributed by atoms with van der Waals surface area (Å²) < 4.78 is 5.18. The molecule has 6 heteroatoms. The van der Waals surface area contributed by atoms with Gasteiger partial charge in [0.1, 0.15) is 0 Å². The summed E-state index contributed by atoms with van der Waals surface area (Å²) in [6, 6.07) is 11.8. The molecule has 142 valence electrons. The monoisotopic (exact) mass is 387 g/mol. The molecular weight excluding hydrogens is 366 g/mol. The minimum atomic E-state index is -0.883. The second-order valence-corrected chi connectivity index (χ2v) is 6.74. The highest BCUT2D eigenvalue weighted by Crippen LogP contribution is 2.13. The van der Waals surface area contributed by atoms with Crippen molar-refractivity contribution in [2.24, 2.45) is 0 Å². The van der Waals surface area contributed by atoms with Crippen molar-refractivity contribution >= 4 is 29.3 Å². The van der Waals surface area contributed by atoms with Crippen molar-refractivity contribution in [1.82, 2.24) is 5.32 Å². The average Bonchev–Trinajstić information content (AvgIpc) is 2.63. The lowest BCUT2D eigenvalue weighted by atomic mass is 10.0. The van der Waals surface area contributed by atoms with Crippen molar-refractivity contribution in [3.8, 4) is 0 Å². The van der Waals surface area contributed by atoms with Crippen LogP contribution in [0.3, 0.4) is 0 Å². The van der Waals surface area contributed by atoms with Gasteiger partial charge in [0.05, 0.1) is 6.42 Å². The van der Waals surface area contributed by atoms with Gasteiger partial charge in [-0.2, -0.15) is 0 Å². The van der Waals surface area contributed by atoms with Gasteiger partial charge < -0.3 is 10.1 Å². The second-order valence-electron chi connectivity index (χ2n) is 6.31. The molecule has 1 atom stereocenters. The minimum Gasteiger partial charge on any atom is -0.454 e. The molecule has 0 radical (unpaired) electrons. The van der Waals surface area contributed by atoms with Gasteiger partial charge in [-0.3, -0.25) is 14.4 Å². The standard InChI is InChI=1S/C21H22ClNO4/c1-13-4-5-17(12-14(13)2)20(25)15(3)27-19(24)10-11-23-21(26)16-6-8-18(22)9-7-16/h4-9,12,15H,10-11H2,1-3H3,(H,23,26). The van der Waals surface area contributed by atoms with E-state index in [1.807, 2.05) is 19.9 Å². The Morgan fingerprint density at radius 2 is 1.63 bits per heavy atom. The number of hydrogen-bond donors (Lipinski definition) is 1. The molecule has 5 nitrogen and oxygen atoms in total. The molecule has 0 saturated carbocycles. The lowest BCUT2D eigenvalue weighted by Gasteiger charge is -2.13. The Hall–Kier alpha value is -2.66. The van der Waals surface area contributed by atoms with Crippen LogP contribution in [0.15, 0.2) is 42.5 Å². The van der Waals surface area contributed by atoms with E-state index < -0.39 is 12.1 Å². The maximum atomic E-state index is 12.4. The van der Waals surface area contributed by atoms with Crippen molar-refractivity contribution < 1.29 is 19.1 Å². The maximum absolute atomic E-state index is 12.4. The van der Waals surface area contributed by atoms with E-state index in [2.05, 4.69) is 5.32 Å². The Bertz CT molecular complexity index is 846. The highest BCUT2D eigenvalue weighted by atomic mass is 35.5. The summed E-state index contributed by atoms with van der Waals surface area (Å²) in [6.45, 7) is 5.55. The molecule has 0 aliphatic heterocycles. The zero-order valence-electron chi connectivity index (χ0n) is 15.5. The highest BCUT2D eigenvalue weighted by molar-refractivity contribution is 6.30. The van der Waals surface area contributed by atoms with Gasteiger partial charge in [0.2, 0.25) is 5.78 Å². The summed E-state index contributed by atoms with van der Waals surface area (Å²) in [7, 11) is 0. The largest absolute Gasteiger partial charge is 0.454 e. The number of Topliss-reactive ketones (excluding diaryl/α,β-unsaturated/α-hetero) is 1. The minimum absolute atomic E-state index is 0.0239. The van der Waals surface area contributed by atoms with Crippen LogP contribution in [0.5, 0.6) is 0 Å². The van der Waals surface area contributed by atoms with Crippen LogP contribution in [-0.2, 0) is 9.53 Å². The first-order valence-electron chi connectivity index (χ1n) is 8.62. The molecule has 0 bridgehead atoms. The molecule has 0 aromatic heterocycles. The number of carbonyl (C=O) groups excluding carboxylic acids is 3. The SMILES string of the molecule is Cc1ccc(C(=O)C(C)OC(=O)CCNC(=O)c2ccc(Cl)cc2)cc1C. The van der Waals surface area contributed by atoms with E-state index in [4.69, 9.17) is 16.3 Å². The third-order valence-electron chi connectivity index (χ3n) is 4.19. The molecule has 0 heterocycles. The van der Waals surface area contributed by atoms with Gasteiger partial charge in [0, 0.05) is 22.7 Å². The molecule has 1 N–H and O–H groups in total. The predicted octanol–water partition coefficient (Wildman–Crippen LogP) is 3.89. The van der Waals surface area contributed by atoms with E-state index in [0.717, 1.165) is 11.1 Å². The Balaban J connectivity index is 1.80. The Morgan fingerprint density at radius 1 is 1.00 bits per heavy atom. The van der Waals surface area contributed by atoms with Crippen molar-refractivity contribution in [1.29, 1.82) is 0 Å². The van der Waals surface area contributed by atoms with Crippen LogP contribution in [0.4, 0.5) is 0 Å². The first-order valence-corrected chi connectivity index (χ1v) is 9.00. The summed E-state index contributed by atoms with van der Waals surface area (Å²) in [5, 5.41) is 3.17. The van der Waals surface area contributed by atoms with Crippen LogP contribution in [-0.4, -0.2) is 30.3 Å². The first kappa shape index (κ1) is 20.6. The molecule has 27 heavy (non-hydrogen) atoms. The Morgan fingerprint density at radius 3 is 2.26 bits per heavy atom. The zero-order valence-corrected chi connectivity index (χ0v) is 16.3. The smallest absolute Gasteiger partial charge is 0.308 e. The van der Waals surface area contributed by atoms with Crippen LogP contribution in [0.2, 0.25) is 5.02 Å². The fourth-order valence-electron chi connectivity index (χ4n) is 2.42. The highest BCUT2D eigenvalue weighted by Gasteiger charge is 2.20. The van der Waals surface area contributed by atoms with Gasteiger partial charge in [0.15, 0.2) is 6.10 Å².